The summed E-state index contributed by atoms with van der Waals surface area (Å²) in [4.78, 5) is 12.0. The number of anilines is 1. The van der Waals surface area contributed by atoms with E-state index in [9.17, 15) is 4.79 Å². The summed E-state index contributed by atoms with van der Waals surface area (Å²) in [5.41, 5.74) is 3.30. The highest BCUT2D eigenvalue weighted by atomic mass is 16.1. The van der Waals surface area contributed by atoms with Crippen LogP contribution in [0.25, 0.3) is 0 Å². The number of aryl methyl sites for hydroxylation is 1. The van der Waals surface area contributed by atoms with Crippen LogP contribution in [0.1, 0.15) is 51.2 Å². The first-order chi connectivity index (χ1) is 8.91. The third-order valence-electron chi connectivity index (χ3n) is 3.10. The predicted octanol–water partition coefficient (Wildman–Crippen LogP) is 3.45. The van der Waals surface area contributed by atoms with Crippen molar-refractivity contribution in [3.8, 4) is 0 Å². The molecule has 0 saturated carbocycles. The van der Waals surface area contributed by atoms with E-state index in [0.29, 0.717) is 24.9 Å². The molecule has 1 rings (SSSR count). The van der Waals surface area contributed by atoms with E-state index in [1.54, 1.807) is 0 Å². The SMILES string of the molecule is Cc1cccc(C(C)C)c1NC(=O)CCNC(C)C. The lowest BCUT2D eigenvalue weighted by molar-refractivity contribution is -0.116. The van der Waals surface area contributed by atoms with Gasteiger partial charge in [0.15, 0.2) is 0 Å². The molecule has 0 aliphatic rings. The highest BCUT2D eigenvalue weighted by Crippen LogP contribution is 2.27. The summed E-state index contributed by atoms with van der Waals surface area (Å²) < 4.78 is 0. The van der Waals surface area contributed by atoms with Gasteiger partial charge in [0.25, 0.3) is 0 Å². The molecule has 0 aromatic heterocycles. The van der Waals surface area contributed by atoms with Crippen molar-refractivity contribution in [1.29, 1.82) is 0 Å². The van der Waals surface area contributed by atoms with Crippen molar-refractivity contribution in [3.63, 3.8) is 0 Å². The Labute approximate surface area is 116 Å². The minimum atomic E-state index is 0.0735. The molecule has 19 heavy (non-hydrogen) atoms. The average Bonchev–Trinajstić information content (AvgIpc) is 2.30. The largest absolute Gasteiger partial charge is 0.326 e. The first-order valence-corrected chi connectivity index (χ1v) is 7.04. The Morgan fingerprint density at radius 3 is 2.47 bits per heavy atom. The van der Waals surface area contributed by atoms with Gasteiger partial charge in [-0.25, -0.2) is 0 Å². The molecule has 0 radical (unpaired) electrons. The maximum atomic E-state index is 12.0. The van der Waals surface area contributed by atoms with Gasteiger partial charge >= 0.3 is 0 Å². The molecule has 0 aliphatic heterocycles. The molecule has 3 nitrogen and oxygen atoms in total. The third kappa shape index (κ3) is 5.03. The van der Waals surface area contributed by atoms with Crippen LogP contribution in [0.4, 0.5) is 5.69 Å². The fourth-order valence-corrected chi connectivity index (χ4v) is 2.02. The van der Waals surface area contributed by atoms with Gasteiger partial charge in [-0.15, -0.1) is 0 Å². The van der Waals surface area contributed by atoms with Crippen LogP contribution < -0.4 is 10.6 Å². The first kappa shape index (κ1) is 15.7. The molecule has 0 heterocycles. The smallest absolute Gasteiger partial charge is 0.225 e. The molecule has 0 spiro atoms. The fraction of sp³-hybridized carbons (Fsp3) is 0.562. The van der Waals surface area contributed by atoms with Crippen molar-refractivity contribution >= 4 is 11.6 Å². The molecule has 1 aromatic rings. The third-order valence-corrected chi connectivity index (χ3v) is 3.10. The van der Waals surface area contributed by atoms with E-state index in [1.807, 2.05) is 19.1 Å². The second kappa shape index (κ2) is 7.29. The Kier molecular flexibility index (Phi) is 6.03. The average molecular weight is 262 g/mol. The summed E-state index contributed by atoms with van der Waals surface area (Å²) in [7, 11) is 0. The summed E-state index contributed by atoms with van der Waals surface area (Å²) in [5, 5.41) is 6.31. The molecule has 3 heteroatoms. The van der Waals surface area contributed by atoms with E-state index < -0.39 is 0 Å². The van der Waals surface area contributed by atoms with Gasteiger partial charge in [-0.2, -0.15) is 0 Å². The van der Waals surface area contributed by atoms with Gasteiger partial charge in [0.2, 0.25) is 5.91 Å². The van der Waals surface area contributed by atoms with Gasteiger partial charge in [-0.1, -0.05) is 45.9 Å². The normalized spacial score (nSPS) is 11.1. The van der Waals surface area contributed by atoms with Crippen LogP contribution in [0, 0.1) is 6.92 Å². The fourth-order valence-electron chi connectivity index (χ4n) is 2.02. The number of nitrogens with one attached hydrogen (secondary N) is 2. The van der Waals surface area contributed by atoms with E-state index in [2.05, 4.69) is 44.4 Å². The lowest BCUT2D eigenvalue weighted by atomic mass is 9.98. The number of para-hydroxylation sites is 1. The molecular weight excluding hydrogens is 236 g/mol. The van der Waals surface area contributed by atoms with Crippen LogP contribution in [-0.2, 0) is 4.79 Å². The van der Waals surface area contributed by atoms with Crippen molar-refractivity contribution in [2.24, 2.45) is 0 Å². The summed E-state index contributed by atoms with van der Waals surface area (Å²) >= 11 is 0. The minimum absolute atomic E-state index is 0.0735. The van der Waals surface area contributed by atoms with Gasteiger partial charge < -0.3 is 10.6 Å². The van der Waals surface area contributed by atoms with Crippen molar-refractivity contribution in [2.75, 3.05) is 11.9 Å². The van der Waals surface area contributed by atoms with Crippen LogP contribution in [0.15, 0.2) is 18.2 Å². The molecule has 0 unspecified atom stereocenters. The van der Waals surface area contributed by atoms with Gasteiger partial charge in [0.05, 0.1) is 0 Å². The van der Waals surface area contributed by atoms with Crippen molar-refractivity contribution in [2.45, 2.75) is 53.0 Å². The van der Waals surface area contributed by atoms with Crippen molar-refractivity contribution < 1.29 is 4.79 Å². The molecule has 0 bridgehead atoms. The summed E-state index contributed by atoms with van der Waals surface area (Å²) in [6, 6.07) is 6.58. The van der Waals surface area contributed by atoms with Crippen LogP contribution in [0.3, 0.4) is 0 Å². The quantitative estimate of drug-likeness (QED) is 0.824. The van der Waals surface area contributed by atoms with E-state index in [-0.39, 0.29) is 5.91 Å². The molecular formula is C16H26N2O. The summed E-state index contributed by atoms with van der Waals surface area (Å²) in [6.07, 6.45) is 0.504. The highest BCUT2D eigenvalue weighted by molar-refractivity contribution is 5.92. The van der Waals surface area contributed by atoms with E-state index in [4.69, 9.17) is 0 Å². The van der Waals surface area contributed by atoms with Gasteiger partial charge in [-0.3, -0.25) is 4.79 Å². The van der Waals surface area contributed by atoms with Crippen molar-refractivity contribution in [3.05, 3.63) is 29.3 Å². The monoisotopic (exact) mass is 262 g/mol. The maximum absolute atomic E-state index is 12.0. The lowest BCUT2D eigenvalue weighted by Crippen LogP contribution is -2.27. The number of hydrogen-bond donors (Lipinski definition) is 2. The molecule has 1 amide bonds. The zero-order valence-corrected chi connectivity index (χ0v) is 12.7. The van der Waals surface area contributed by atoms with Crippen LogP contribution >= 0.6 is 0 Å². The van der Waals surface area contributed by atoms with Crippen molar-refractivity contribution in [1.82, 2.24) is 5.32 Å². The van der Waals surface area contributed by atoms with Gasteiger partial charge in [0.1, 0.15) is 0 Å². The zero-order valence-electron chi connectivity index (χ0n) is 12.7. The predicted molar refractivity (Wildman–Crippen MR) is 81.7 cm³/mol. The molecule has 0 aliphatic carbocycles. The Morgan fingerprint density at radius 1 is 1.21 bits per heavy atom. The van der Waals surface area contributed by atoms with Gasteiger partial charge in [0, 0.05) is 24.7 Å². The standard InChI is InChI=1S/C16H26N2O/c1-11(2)14-8-6-7-13(5)16(14)18-15(19)9-10-17-12(3)4/h6-8,11-12,17H,9-10H2,1-5H3,(H,18,19). The second-order valence-corrected chi connectivity index (χ2v) is 5.60. The number of hydrogen-bond acceptors (Lipinski definition) is 2. The number of amides is 1. The summed E-state index contributed by atoms with van der Waals surface area (Å²) in [6.45, 7) is 11.2. The Hall–Kier alpha value is -1.35. The van der Waals surface area contributed by atoms with Crippen LogP contribution in [0.5, 0.6) is 0 Å². The number of rotatable bonds is 6. The van der Waals surface area contributed by atoms with E-state index >= 15 is 0 Å². The number of benzene rings is 1. The first-order valence-electron chi connectivity index (χ1n) is 7.04. The molecule has 0 saturated heterocycles. The van der Waals surface area contributed by atoms with Gasteiger partial charge in [-0.05, 0) is 24.0 Å². The minimum Gasteiger partial charge on any atom is -0.326 e. The highest BCUT2D eigenvalue weighted by Gasteiger charge is 2.11. The lowest BCUT2D eigenvalue weighted by Gasteiger charge is -2.16. The number of carbonyl (C=O) groups is 1. The topological polar surface area (TPSA) is 41.1 Å². The Bertz CT molecular complexity index is 425. The molecule has 2 N–H and O–H groups in total. The Morgan fingerprint density at radius 2 is 1.89 bits per heavy atom. The molecule has 106 valence electrons. The maximum Gasteiger partial charge on any atom is 0.225 e. The number of carbonyl (C=O) groups excluding carboxylic acids is 1. The zero-order chi connectivity index (χ0) is 14.4. The molecule has 0 fully saturated rings. The van der Waals surface area contributed by atoms with Crippen LogP contribution in [0.2, 0.25) is 0 Å². The Balaban J connectivity index is 2.68. The molecule has 1 aromatic carbocycles. The second-order valence-electron chi connectivity index (χ2n) is 5.60. The van der Waals surface area contributed by atoms with E-state index in [0.717, 1.165) is 11.3 Å². The van der Waals surface area contributed by atoms with Crippen LogP contribution in [-0.4, -0.2) is 18.5 Å². The molecule has 0 atom stereocenters. The van der Waals surface area contributed by atoms with E-state index in [1.165, 1.54) is 5.56 Å². The summed E-state index contributed by atoms with van der Waals surface area (Å²) in [5.74, 6) is 0.480.